The molecule has 55 heavy (non-hydrogen) atoms. The van der Waals surface area contributed by atoms with Gasteiger partial charge < -0.3 is 10.2 Å². The number of hydrogen-bond acceptors (Lipinski definition) is 2. The molecule has 8 rings (SSSR count). The Morgan fingerprint density at radius 1 is 0.709 bits per heavy atom. The molecule has 0 heterocycles. The highest BCUT2D eigenvalue weighted by molar-refractivity contribution is 6.60. The lowest BCUT2D eigenvalue weighted by molar-refractivity contribution is 0.571. The third-order valence-corrected chi connectivity index (χ3v) is 11.5. The third kappa shape index (κ3) is 7.75. The van der Waals surface area contributed by atoms with Crippen LogP contribution in [0.3, 0.4) is 0 Å². The van der Waals surface area contributed by atoms with Crippen LogP contribution in [0, 0.1) is 6.92 Å². The SMILES string of the molecule is CC1=C(c2cc(Nc3cc4ccccc4cc3-c3cc4c(cc3[B]/C=C/C(C)=C\C=C/N(C)C3=C(C)CCC=C3)Cc3ccccc3-4)ccc2C)C=CCC1. The number of hydrogen-bond donors (Lipinski definition) is 1. The largest absolute Gasteiger partial charge is 0.355 e. The van der Waals surface area contributed by atoms with Gasteiger partial charge in [-0.3, -0.25) is 0 Å². The minimum absolute atomic E-state index is 0.956. The van der Waals surface area contributed by atoms with Crippen molar-refractivity contribution < 1.29 is 0 Å². The number of nitrogens with zero attached hydrogens (tertiary/aromatic N) is 1. The lowest BCUT2D eigenvalue weighted by Gasteiger charge is -2.21. The molecule has 3 aliphatic rings. The molecule has 1 radical (unpaired) electrons. The number of aryl methyl sites for hydroxylation is 1. The number of likely N-dealkylation sites (N-methyl/N-ethyl adjacent to an activating group) is 1. The molecule has 0 spiro atoms. The minimum atomic E-state index is 0.956. The molecule has 271 valence electrons. The summed E-state index contributed by atoms with van der Waals surface area (Å²) >= 11 is 0. The van der Waals surface area contributed by atoms with Gasteiger partial charge in [0.25, 0.3) is 0 Å². The van der Waals surface area contributed by atoms with E-state index in [9.17, 15) is 0 Å². The molecule has 1 N–H and O–H groups in total. The number of allylic oxidation sites excluding steroid dienone is 11. The molecule has 0 aromatic heterocycles. The first-order valence-electron chi connectivity index (χ1n) is 19.8. The maximum absolute atomic E-state index is 3.92. The number of nitrogens with one attached hydrogen (secondary N) is 1. The zero-order valence-corrected chi connectivity index (χ0v) is 32.9. The summed E-state index contributed by atoms with van der Waals surface area (Å²) in [5.41, 5.74) is 20.6. The second-order valence-electron chi connectivity index (χ2n) is 15.5. The van der Waals surface area contributed by atoms with Crippen molar-refractivity contribution in [2.24, 2.45) is 0 Å². The van der Waals surface area contributed by atoms with Gasteiger partial charge in [-0.2, -0.15) is 0 Å². The molecule has 0 unspecified atom stereocenters. The van der Waals surface area contributed by atoms with E-state index in [0.717, 1.165) is 43.5 Å². The molecule has 3 aliphatic carbocycles. The van der Waals surface area contributed by atoms with Gasteiger partial charge in [0.05, 0.1) is 0 Å². The van der Waals surface area contributed by atoms with Crippen LogP contribution in [0.5, 0.6) is 0 Å². The molecule has 5 aromatic carbocycles. The lowest BCUT2D eigenvalue weighted by Crippen LogP contribution is -2.17. The Morgan fingerprint density at radius 3 is 2.29 bits per heavy atom. The van der Waals surface area contributed by atoms with E-state index in [2.05, 4.69) is 198 Å². The van der Waals surface area contributed by atoms with Crippen molar-refractivity contribution in [3.05, 3.63) is 190 Å². The Kier molecular flexibility index (Phi) is 10.5. The first-order valence-corrected chi connectivity index (χ1v) is 19.8. The quantitative estimate of drug-likeness (QED) is 0.112. The maximum atomic E-state index is 3.92. The van der Waals surface area contributed by atoms with Crippen molar-refractivity contribution in [2.75, 3.05) is 12.4 Å². The topological polar surface area (TPSA) is 15.3 Å². The molecule has 0 aliphatic heterocycles. The van der Waals surface area contributed by atoms with Crippen molar-refractivity contribution in [2.45, 2.75) is 59.8 Å². The molecule has 0 atom stereocenters. The summed E-state index contributed by atoms with van der Waals surface area (Å²) in [5, 5.41) is 6.37. The van der Waals surface area contributed by atoms with E-state index in [-0.39, 0.29) is 0 Å². The van der Waals surface area contributed by atoms with E-state index in [1.54, 1.807) is 0 Å². The molecule has 0 saturated heterocycles. The lowest BCUT2D eigenvalue weighted by atomic mass is 9.66. The van der Waals surface area contributed by atoms with Gasteiger partial charge in [0.15, 0.2) is 7.28 Å². The van der Waals surface area contributed by atoms with Gasteiger partial charge in [0.2, 0.25) is 0 Å². The summed E-state index contributed by atoms with van der Waals surface area (Å²) < 4.78 is 0. The summed E-state index contributed by atoms with van der Waals surface area (Å²) in [6.07, 6.45) is 23.3. The zero-order valence-electron chi connectivity index (χ0n) is 32.9. The number of rotatable bonds is 10. The molecule has 0 amide bonds. The van der Waals surface area contributed by atoms with Gasteiger partial charge in [-0.25, -0.2) is 0 Å². The first kappa shape index (κ1) is 36.2. The average molecular weight is 714 g/mol. The van der Waals surface area contributed by atoms with Crippen LogP contribution in [0.4, 0.5) is 11.4 Å². The van der Waals surface area contributed by atoms with E-state index in [1.165, 1.54) is 88.7 Å². The molecule has 0 saturated carbocycles. The Hall–Kier alpha value is -5.80. The standard InChI is InChI=1S/C52H50BN2/c1-35(15-14-28-55(5)52-23-13-7-17-38(52)4)26-27-53-50-31-42-29-41-20-10-12-22-45(41)47(42)34-48(50)49-30-39-18-8-9-19-40(39)32-51(49)54-43-25-24-37(3)46(33-43)44-21-11-6-16-36(44)2/h8-15,18-28,30-34,54H,6-7,16-17,29H2,1-5H3/b27-26+,28-14-,35-15-. The van der Waals surface area contributed by atoms with Crippen LogP contribution in [-0.4, -0.2) is 19.2 Å². The van der Waals surface area contributed by atoms with Crippen LogP contribution in [0.15, 0.2) is 168 Å². The normalized spacial score (nSPS) is 15.4. The highest BCUT2D eigenvalue weighted by Gasteiger charge is 2.22. The third-order valence-electron chi connectivity index (χ3n) is 11.5. The van der Waals surface area contributed by atoms with Gasteiger partial charge in [0.1, 0.15) is 0 Å². The summed E-state index contributed by atoms with van der Waals surface area (Å²) in [7, 11) is 4.42. The van der Waals surface area contributed by atoms with E-state index < -0.39 is 0 Å². The smallest absolute Gasteiger partial charge is 0.182 e. The van der Waals surface area contributed by atoms with Gasteiger partial charge in [0, 0.05) is 35.9 Å². The summed E-state index contributed by atoms with van der Waals surface area (Å²) in [5.74, 6) is 2.21. The van der Waals surface area contributed by atoms with Crippen LogP contribution in [0.1, 0.15) is 68.7 Å². The van der Waals surface area contributed by atoms with Crippen LogP contribution < -0.4 is 10.8 Å². The van der Waals surface area contributed by atoms with Crippen molar-refractivity contribution >= 4 is 40.5 Å². The number of benzene rings is 5. The van der Waals surface area contributed by atoms with Gasteiger partial charge >= 0.3 is 0 Å². The first-order chi connectivity index (χ1) is 26.8. The monoisotopic (exact) mass is 713 g/mol. The van der Waals surface area contributed by atoms with E-state index in [4.69, 9.17) is 0 Å². The Morgan fingerprint density at radius 2 is 1.47 bits per heavy atom. The summed E-state index contributed by atoms with van der Waals surface area (Å²) in [4.78, 5) is 2.22. The van der Waals surface area contributed by atoms with Gasteiger partial charge in [-0.05, 0) is 163 Å². The molecule has 0 fully saturated rings. The molecule has 2 nitrogen and oxygen atoms in total. The molecule has 5 aromatic rings. The Balaban J connectivity index is 1.17. The minimum Gasteiger partial charge on any atom is -0.355 e. The predicted molar refractivity (Wildman–Crippen MR) is 239 cm³/mol. The van der Waals surface area contributed by atoms with Gasteiger partial charge in [-0.1, -0.05) is 108 Å². The Bertz CT molecular complexity index is 2520. The highest BCUT2D eigenvalue weighted by Crippen LogP contribution is 2.41. The summed E-state index contributed by atoms with van der Waals surface area (Å²) in [6, 6.07) is 34.0. The number of anilines is 2. The van der Waals surface area contributed by atoms with Crippen LogP contribution in [-0.2, 0) is 6.42 Å². The van der Waals surface area contributed by atoms with E-state index in [0.29, 0.717) is 0 Å². The van der Waals surface area contributed by atoms with Gasteiger partial charge in [-0.15, -0.1) is 5.98 Å². The van der Waals surface area contributed by atoms with Crippen molar-refractivity contribution in [1.82, 2.24) is 4.90 Å². The molecular formula is C52H50BN2. The van der Waals surface area contributed by atoms with Crippen LogP contribution in [0.2, 0.25) is 0 Å². The molecule has 3 heteroatoms. The second kappa shape index (κ2) is 15.9. The molecule has 0 bridgehead atoms. The fourth-order valence-corrected chi connectivity index (χ4v) is 8.33. The second-order valence-corrected chi connectivity index (χ2v) is 15.5. The summed E-state index contributed by atoms with van der Waals surface area (Å²) in [6.45, 7) is 8.90. The fraction of sp³-hybridized carbons (Fsp3) is 0.192. The van der Waals surface area contributed by atoms with Crippen molar-refractivity contribution in [1.29, 1.82) is 0 Å². The van der Waals surface area contributed by atoms with Crippen LogP contribution in [0.25, 0.3) is 38.6 Å². The molecular weight excluding hydrogens is 663 g/mol. The highest BCUT2D eigenvalue weighted by atomic mass is 15.1. The number of fused-ring (bicyclic) bond motifs is 4. The fourth-order valence-electron chi connectivity index (χ4n) is 8.33. The van der Waals surface area contributed by atoms with E-state index >= 15 is 0 Å². The van der Waals surface area contributed by atoms with Crippen molar-refractivity contribution in [3.63, 3.8) is 0 Å². The van der Waals surface area contributed by atoms with Crippen molar-refractivity contribution in [3.8, 4) is 22.3 Å². The average Bonchev–Trinajstić information content (AvgIpc) is 3.56. The predicted octanol–water partition coefficient (Wildman–Crippen LogP) is 13.1. The zero-order chi connectivity index (χ0) is 37.9. The maximum Gasteiger partial charge on any atom is 0.182 e. The van der Waals surface area contributed by atoms with Crippen LogP contribution >= 0.6 is 0 Å². The Labute approximate surface area is 328 Å². The van der Waals surface area contributed by atoms with E-state index in [1.807, 2.05) is 0 Å².